The van der Waals surface area contributed by atoms with E-state index >= 15 is 0 Å². The highest BCUT2D eigenvalue weighted by atomic mass is 31.2. The van der Waals surface area contributed by atoms with Crippen LogP contribution in [-0.2, 0) is 28.2 Å². The number of hydrogen-bond donors (Lipinski definition) is 2. The van der Waals surface area contributed by atoms with Gasteiger partial charge in [0.05, 0.1) is 6.61 Å². The molecule has 8 nitrogen and oxygen atoms in total. The summed E-state index contributed by atoms with van der Waals surface area (Å²) in [6.45, 7) is 3.55. The number of esters is 2. The molecule has 2 N–H and O–H groups in total. The van der Waals surface area contributed by atoms with Gasteiger partial charge in [-0.05, 0) is 44.9 Å². The lowest BCUT2D eigenvalue weighted by Crippen LogP contribution is -2.29. The SMILES string of the molecule is CC/C=C\C/C=C\C/C=C\CCCCCCCCCC(=O)OC(COC(=O)CCCCCCCCCCCCCC)COP(=O)(O)O. The van der Waals surface area contributed by atoms with Crippen molar-refractivity contribution in [3.05, 3.63) is 36.5 Å². The second-order valence-corrected chi connectivity index (χ2v) is 13.8. The number of unbranched alkanes of at least 4 members (excludes halogenated alkanes) is 18. The summed E-state index contributed by atoms with van der Waals surface area (Å²) < 4.78 is 26.3. The van der Waals surface area contributed by atoms with Crippen LogP contribution >= 0.6 is 7.82 Å². The van der Waals surface area contributed by atoms with Crippen molar-refractivity contribution in [3.8, 4) is 0 Å². The summed E-state index contributed by atoms with van der Waals surface area (Å²) in [5.41, 5.74) is 0. The number of carbonyl (C=O) groups is 2. The van der Waals surface area contributed by atoms with Crippen molar-refractivity contribution in [1.82, 2.24) is 0 Å². The van der Waals surface area contributed by atoms with Gasteiger partial charge >= 0.3 is 19.8 Å². The molecule has 47 heavy (non-hydrogen) atoms. The normalized spacial score (nSPS) is 12.9. The number of rotatable bonds is 34. The van der Waals surface area contributed by atoms with Gasteiger partial charge in [-0.2, -0.15) is 0 Å². The summed E-state index contributed by atoms with van der Waals surface area (Å²) >= 11 is 0. The molecule has 0 aromatic carbocycles. The van der Waals surface area contributed by atoms with Crippen molar-refractivity contribution >= 4 is 19.8 Å². The van der Waals surface area contributed by atoms with E-state index < -0.39 is 32.5 Å². The molecule has 0 aliphatic heterocycles. The lowest BCUT2D eigenvalue weighted by molar-refractivity contribution is -0.161. The van der Waals surface area contributed by atoms with Gasteiger partial charge in [-0.3, -0.25) is 14.1 Å². The molecule has 0 amide bonds. The van der Waals surface area contributed by atoms with Crippen molar-refractivity contribution in [2.75, 3.05) is 13.2 Å². The zero-order chi connectivity index (χ0) is 34.7. The van der Waals surface area contributed by atoms with Gasteiger partial charge in [0.15, 0.2) is 6.10 Å². The molecule has 0 aliphatic rings. The molecule has 0 bridgehead atoms. The van der Waals surface area contributed by atoms with Gasteiger partial charge in [0, 0.05) is 12.8 Å². The van der Waals surface area contributed by atoms with Crippen LogP contribution < -0.4 is 0 Å². The Hall–Kier alpha value is -1.73. The van der Waals surface area contributed by atoms with Gasteiger partial charge in [-0.15, -0.1) is 0 Å². The van der Waals surface area contributed by atoms with Crippen LogP contribution in [-0.4, -0.2) is 41.0 Å². The van der Waals surface area contributed by atoms with E-state index in [1.54, 1.807) is 0 Å². The number of phosphoric acid groups is 1. The Morgan fingerprint density at radius 2 is 1.02 bits per heavy atom. The van der Waals surface area contributed by atoms with Gasteiger partial charge in [-0.1, -0.05) is 153 Å². The molecule has 0 fully saturated rings. The van der Waals surface area contributed by atoms with Crippen molar-refractivity contribution in [2.24, 2.45) is 0 Å². The van der Waals surface area contributed by atoms with Crippen molar-refractivity contribution < 1.29 is 37.9 Å². The van der Waals surface area contributed by atoms with Crippen LogP contribution in [0.4, 0.5) is 0 Å². The first kappa shape index (κ1) is 45.3. The summed E-state index contributed by atoms with van der Waals surface area (Å²) in [5.74, 6) is -0.895. The summed E-state index contributed by atoms with van der Waals surface area (Å²) in [6, 6.07) is 0. The van der Waals surface area contributed by atoms with Gasteiger partial charge < -0.3 is 19.3 Å². The molecular formula is C38H69O8P. The fraction of sp³-hybridized carbons (Fsp3) is 0.789. The minimum atomic E-state index is -4.75. The van der Waals surface area contributed by atoms with Crippen LogP contribution in [0, 0.1) is 0 Å². The summed E-state index contributed by atoms with van der Waals surface area (Å²) in [6.07, 6.45) is 38.6. The van der Waals surface area contributed by atoms with Crippen LogP contribution in [0.15, 0.2) is 36.5 Å². The van der Waals surface area contributed by atoms with E-state index in [4.69, 9.17) is 19.3 Å². The standard InChI is InChI=1S/C38H69O8P/c1-3-5-7-9-11-13-15-17-18-19-20-21-23-25-27-29-31-33-38(40)46-36(35-45-47(41,42)43)34-44-37(39)32-30-28-26-24-22-16-14-12-10-8-6-4-2/h5,7,11,13,17-18,36H,3-4,6,8-10,12,14-16,19-35H2,1-2H3,(H2,41,42,43)/b7-5-,13-11-,18-17-. The van der Waals surface area contributed by atoms with Gasteiger partial charge in [-0.25, -0.2) is 4.57 Å². The van der Waals surface area contributed by atoms with Gasteiger partial charge in [0.1, 0.15) is 6.61 Å². The second-order valence-electron chi connectivity index (χ2n) is 12.5. The number of carbonyl (C=O) groups excluding carboxylic acids is 2. The van der Waals surface area contributed by atoms with Crippen LogP contribution in [0.1, 0.15) is 174 Å². The molecule has 0 heterocycles. The minimum Gasteiger partial charge on any atom is -0.462 e. The fourth-order valence-corrected chi connectivity index (χ4v) is 5.51. The molecule has 1 atom stereocenters. The largest absolute Gasteiger partial charge is 0.469 e. The average molecular weight is 685 g/mol. The first-order valence-electron chi connectivity index (χ1n) is 18.8. The maximum absolute atomic E-state index is 12.4. The van der Waals surface area contributed by atoms with Crippen LogP contribution in [0.25, 0.3) is 0 Å². The second kappa shape index (κ2) is 34.1. The highest BCUT2D eigenvalue weighted by Crippen LogP contribution is 2.36. The molecule has 0 saturated heterocycles. The first-order chi connectivity index (χ1) is 22.8. The van der Waals surface area contributed by atoms with Crippen molar-refractivity contribution in [2.45, 2.75) is 180 Å². The Morgan fingerprint density at radius 1 is 0.574 bits per heavy atom. The molecule has 0 radical (unpaired) electrons. The Balaban J connectivity index is 3.97. The van der Waals surface area contributed by atoms with Crippen LogP contribution in [0.3, 0.4) is 0 Å². The zero-order valence-corrected chi connectivity index (χ0v) is 30.8. The zero-order valence-electron chi connectivity index (χ0n) is 29.9. The molecule has 0 aromatic heterocycles. The molecule has 0 spiro atoms. The quantitative estimate of drug-likeness (QED) is 0.0297. The van der Waals surface area contributed by atoms with E-state index in [1.807, 2.05) is 0 Å². The van der Waals surface area contributed by atoms with E-state index in [1.165, 1.54) is 77.0 Å². The molecule has 274 valence electrons. The minimum absolute atomic E-state index is 0.202. The maximum atomic E-state index is 12.4. The Labute approximate surface area is 287 Å². The topological polar surface area (TPSA) is 119 Å². The number of hydrogen-bond acceptors (Lipinski definition) is 6. The van der Waals surface area contributed by atoms with Gasteiger partial charge in [0.2, 0.25) is 0 Å². The monoisotopic (exact) mass is 684 g/mol. The summed E-state index contributed by atoms with van der Waals surface area (Å²) in [4.78, 5) is 42.7. The molecule has 1 unspecified atom stereocenters. The van der Waals surface area contributed by atoms with E-state index in [2.05, 4.69) is 54.8 Å². The fourth-order valence-electron chi connectivity index (χ4n) is 5.15. The van der Waals surface area contributed by atoms with E-state index in [-0.39, 0.29) is 19.4 Å². The Morgan fingerprint density at radius 3 is 1.53 bits per heavy atom. The summed E-state index contributed by atoms with van der Waals surface area (Å²) in [7, 11) is -4.75. The average Bonchev–Trinajstić information content (AvgIpc) is 3.04. The first-order valence-corrected chi connectivity index (χ1v) is 20.3. The Bertz CT molecular complexity index is 864. The number of ether oxygens (including phenoxy) is 2. The number of allylic oxidation sites excluding steroid dienone is 6. The molecular weight excluding hydrogens is 615 g/mol. The third-order valence-electron chi connectivity index (χ3n) is 7.92. The number of phosphoric ester groups is 1. The molecule has 0 aromatic rings. The maximum Gasteiger partial charge on any atom is 0.469 e. The third-order valence-corrected chi connectivity index (χ3v) is 8.41. The molecule has 0 saturated carbocycles. The van der Waals surface area contributed by atoms with Crippen molar-refractivity contribution in [3.63, 3.8) is 0 Å². The molecule has 0 aliphatic carbocycles. The lowest BCUT2D eigenvalue weighted by atomic mass is 10.0. The predicted octanol–water partition coefficient (Wildman–Crippen LogP) is 11.0. The molecule has 0 rings (SSSR count). The van der Waals surface area contributed by atoms with Crippen molar-refractivity contribution in [1.29, 1.82) is 0 Å². The van der Waals surface area contributed by atoms with Gasteiger partial charge in [0.25, 0.3) is 0 Å². The highest BCUT2D eigenvalue weighted by Gasteiger charge is 2.22. The van der Waals surface area contributed by atoms with E-state index in [0.29, 0.717) is 6.42 Å². The van der Waals surface area contributed by atoms with Crippen LogP contribution in [0.2, 0.25) is 0 Å². The molecule has 9 heteroatoms. The smallest absolute Gasteiger partial charge is 0.462 e. The van der Waals surface area contributed by atoms with E-state index in [0.717, 1.165) is 64.2 Å². The third kappa shape index (κ3) is 36.9. The van der Waals surface area contributed by atoms with E-state index in [9.17, 15) is 14.2 Å². The predicted molar refractivity (Wildman–Crippen MR) is 193 cm³/mol. The van der Waals surface area contributed by atoms with Crippen LogP contribution in [0.5, 0.6) is 0 Å². The lowest BCUT2D eigenvalue weighted by Gasteiger charge is -2.18. The Kier molecular flexibility index (Phi) is 32.9. The summed E-state index contributed by atoms with van der Waals surface area (Å²) in [5, 5.41) is 0. The highest BCUT2D eigenvalue weighted by molar-refractivity contribution is 7.46.